The predicted octanol–water partition coefficient (Wildman–Crippen LogP) is 1.94. The molecule has 6 nitrogen and oxygen atoms in total. The first-order chi connectivity index (χ1) is 11.4. The van der Waals surface area contributed by atoms with Gasteiger partial charge in [0.2, 0.25) is 0 Å². The molecule has 1 saturated heterocycles. The van der Waals surface area contributed by atoms with Crippen LogP contribution in [0.4, 0.5) is 5.69 Å². The molecular formula is C17H24N4O2S. The van der Waals surface area contributed by atoms with Gasteiger partial charge in [-0.25, -0.2) is 13.4 Å². The van der Waals surface area contributed by atoms with Crippen LogP contribution < -0.4 is 4.90 Å². The highest BCUT2D eigenvalue weighted by molar-refractivity contribution is 7.89. The molecule has 2 heterocycles. The molecule has 1 aromatic heterocycles. The average molecular weight is 348 g/mol. The van der Waals surface area contributed by atoms with Gasteiger partial charge < -0.3 is 9.47 Å². The van der Waals surface area contributed by atoms with Crippen LogP contribution in [0, 0.1) is 13.8 Å². The van der Waals surface area contributed by atoms with E-state index in [9.17, 15) is 8.42 Å². The Kier molecular flexibility index (Phi) is 4.64. The maximum absolute atomic E-state index is 12.8. The summed E-state index contributed by atoms with van der Waals surface area (Å²) < 4.78 is 29.0. The van der Waals surface area contributed by atoms with Gasteiger partial charge in [0.05, 0.1) is 0 Å². The lowest BCUT2D eigenvalue weighted by molar-refractivity contribution is 0.431. The first-order valence-electron chi connectivity index (χ1n) is 8.20. The zero-order chi connectivity index (χ0) is 17.3. The summed E-state index contributed by atoms with van der Waals surface area (Å²) >= 11 is 0. The Morgan fingerprint density at radius 2 is 1.79 bits per heavy atom. The quantitative estimate of drug-likeness (QED) is 0.850. The van der Waals surface area contributed by atoms with E-state index in [4.69, 9.17) is 0 Å². The summed E-state index contributed by atoms with van der Waals surface area (Å²) in [5.41, 5.74) is 2.40. The number of aromatic nitrogens is 2. The summed E-state index contributed by atoms with van der Waals surface area (Å²) in [5.74, 6) is 0.699. The number of aryl methyl sites for hydroxylation is 3. The number of rotatable bonds is 3. The van der Waals surface area contributed by atoms with Crippen molar-refractivity contribution in [3.05, 3.63) is 41.9 Å². The third-order valence-electron chi connectivity index (χ3n) is 4.60. The Morgan fingerprint density at radius 3 is 2.46 bits per heavy atom. The molecule has 1 aliphatic heterocycles. The van der Waals surface area contributed by atoms with Gasteiger partial charge in [-0.2, -0.15) is 4.31 Å². The number of benzene rings is 1. The topological polar surface area (TPSA) is 58.4 Å². The summed E-state index contributed by atoms with van der Waals surface area (Å²) in [5, 5.41) is 0.145. The number of para-hydroxylation sites is 1. The van der Waals surface area contributed by atoms with Gasteiger partial charge in [0, 0.05) is 45.1 Å². The maximum Gasteiger partial charge on any atom is 0.262 e. The van der Waals surface area contributed by atoms with Crippen LogP contribution in [-0.2, 0) is 17.1 Å². The maximum atomic E-state index is 12.8. The second kappa shape index (κ2) is 6.57. The van der Waals surface area contributed by atoms with Crippen molar-refractivity contribution in [3.8, 4) is 0 Å². The molecular weight excluding hydrogens is 324 g/mol. The van der Waals surface area contributed by atoms with Gasteiger partial charge in [0.25, 0.3) is 10.0 Å². The van der Waals surface area contributed by atoms with E-state index in [2.05, 4.69) is 28.9 Å². The number of anilines is 1. The van der Waals surface area contributed by atoms with Crippen molar-refractivity contribution in [2.75, 3.05) is 31.1 Å². The Bertz CT molecular complexity index is 809. The summed E-state index contributed by atoms with van der Waals surface area (Å²) in [6.07, 6.45) is 2.40. The van der Waals surface area contributed by atoms with E-state index in [1.54, 1.807) is 22.0 Å². The predicted molar refractivity (Wildman–Crippen MR) is 94.7 cm³/mol. The molecule has 0 amide bonds. The Labute approximate surface area is 143 Å². The lowest BCUT2D eigenvalue weighted by Crippen LogP contribution is -2.35. The molecule has 2 aromatic rings. The number of sulfonamides is 1. The standard InChI is InChI=1S/C17H24N4O2S/c1-14-7-4-5-8-16(14)20-9-6-10-21(12-11-20)24(22,23)17-13-19(3)15(2)18-17/h4-5,7-8,13H,6,9-12H2,1-3H3. The zero-order valence-electron chi connectivity index (χ0n) is 14.4. The first kappa shape index (κ1) is 17.0. The van der Waals surface area contributed by atoms with Crippen LogP contribution in [0.5, 0.6) is 0 Å². The third kappa shape index (κ3) is 3.18. The number of imidazole rings is 1. The minimum Gasteiger partial charge on any atom is -0.370 e. The molecule has 0 atom stereocenters. The van der Waals surface area contributed by atoms with E-state index in [-0.39, 0.29) is 5.03 Å². The van der Waals surface area contributed by atoms with Crippen LogP contribution in [0.2, 0.25) is 0 Å². The van der Waals surface area contributed by atoms with Crippen LogP contribution in [0.1, 0.15) is 17.8 Å². The fourth-order valence-electron chi connectivity index (χ4n) is 3.08. The summed E-state index contributed by atoms with van der Waals surface area (Å²) in [6, 6.07) is 8.24. The van der Waals surface area contributed by atoms with Gasteiger partial charge in [-0.15, -0.1) is 0 Å². The van der Waals surface area contributed by atoms with E-state index >= 15 is 0 Å². The minimum absolute atomic E-state index is 0.145. The molecule has 0 bridgehead atoms. The molecule has 0 aliphatic carbocycles. The Hall–Kier alpha value is -1.86. The molecule has 1 aliphatic rings. The Morgan fingerprint density at radius 1 is 1.04 bits per heavy atom. The van der Waals surface area contributed by atoms with Crippen LogP contribution in [0.15, 0.2) is 35.5 Å². The lowest BCUT2D eigenvalue weighted by atomic mass is 10.2. The fraction of sp³-hybridized carbons (Fsp3) is 0.471. The SMILES string of the molecule is Cc1ccccc1N1CCCN(S(=O)(=O)c2cn(C)c(C)n2)CC1. The van der Waals surface area contributed by atoms with Gasteiger partial charge in [0.1, 0.15) is 5.82 Å². The first-order valence-corrected chi connectivity index (χ1v) is 9.64. The summed E-state index contributed by atoms with van der Waals surface area (Å²) in [4.78, 5) is 6.47. The lowest BCUT2D eigenvalue weighted by Gasteiger charge is -2.24. The average Bonchev–Trinajstić information content (AvgIpc) is 2.77. The van der Waals surface area contributed by atoms with Crippen molar-refractivity contribution in [1.82, 2.24) is 13.9 Å². The molecule has 24 heavy (non-hydrogen) atoms. The van der Waals surface area contributed by atoms with Gasteiger partial charge in [0.15, 0.2) is 5.03 Å². The second-order valence-corrected chi connectivity index (χ2v) is 8.15. The molecule has 0 radical (unpaired) electrons. The largest absolute Gasteiger partial charge is 0.370 e. The molecule has 0 spiro atoms. The highest BCUT2D eigenvalue weighted by Gasteiger charge is 2.29. The molecule has 3 rings (SSSR count). The highest BCUT2D eigenvalue weighted by Crippen LogP contribution is 2.23. The third-order valence-corrected chi connectivity index (χ3v) is 6.37. The number of hydrogen-bond donors (Lipinski definition) is 0. The molecule has 1 aromatic carbocycles. The molecule has 0 N–H and O–H groups in total. The van der Waals surface area contributed by atoms with Gasteiger partial charge in [-0.05, 0) is 31.9 Å². The van der Waals surface area contributed by atoms with E-state index < -0.39 is 10.0 Å². The van der Waals surface area contributed by atoms with Crippen molar-refractivity contribution in [2.45, 2.75) is 25.3 Å². The smallest absolute Gasteiger partial charge is 0.262 e. The van der Waals surface area contributed by atoms with E-state index in [1.165, 1.54) is 11.3 Å². The number of nitrogens with zero attached hydrogens (tertiary/aromatic N) is 4. The van der Waals surface area contributed by atoms with Crippen molar-refractivity contribution in [1.29, 1.82) is 0 Å². The molecule has 0 unspecified atom stereocenters. The summed E-state index contributed by atoms with van der Waals surface area (Å²) in [6.45, 7) is 6.45. The van der Waals surface area contributed by atoms with Crippen molar-refractivity contribution < 1.29 is 8.42 Å². The monoisotopic (exact) mass is 348 g/mol. The summed E-state index contributed by atoms with van der Waals surface area (Å²) in [7, 11) is -1.72. The van der Waals surface area contributed by atoms with Gasteiger partial charge in [-0.1, -0.05) is 18.2 Å². The van der Waals surface area contributed by atoms with E-state index in [0.29, 0.717) is 25.5 Å². The van der Waals surface area contributed by atoms with Gasteiger partial charge in [-0.3, -0.25) is 0 Å². The number of hydrogen-bond acceptors (Lipinski definition) is 4. The van der Waals surface area contributed by atoms with Crippen molar-refractivity contribution in [3.63, 3.8) is 0 Å². The van der Waals surface area contributed by atoms with Gasteiger partial charge >= 0.3 is 0 Å². The fourth-order valence-corrected chi connectivity index (χ4v) is 4.57. The van der Waals surface area contributed by atoms with Crippen LogP contribution >= 0.6 is 0 Å². The minimum atomic E-state index is -3.53. The molecule has 130 valence electrons. The normalized spacial score (nSPS) is 17.0. The van der Waals surface area contributed by atoms with Crippen molar-refractivity contribution >= 4 is 15.7 Å². The molecule has 1 fully saturated rings. The van der Waals surface area contributed by atoms with Crippen LogP contribution in [-0.4, -0.2) is 48.5 Å². The highest BCUT2D eigenvalue weighted by atomic mass is 32.2. The zero-order valence-corrected chi connectivity index (χ0v) is 15.3. The van der Waals surface area contributed by atoms with Crippen LogP contribution in [0.3, 0.4) is 0 Å². The molecule has 7 heteroatoms. The second-order valence-electron chi connectivity index (χ2n) is 6.27. The molecule has 0 saturated carbocycles. The van der Waals surface area contributed by atoms with Crippen LogP contribution in [0.25, 0.3) is 0 Å². The van der Waals surface area contributed by atoms with Crippen molar-refractivity contribution in [2.24, 2.45) is 7.05 Å². The van der Waals surface area contributed by atoms with E-state index in [1.807, 2.05) is 19.2 Å². The Balaban J connectivity index is 1.79. The van der Waals surface area contributed by atoms with E-state index in [0.717, 1.165) is 13.0 Å².